The fraction of sp³-hybridized carbons (Fsp3) is 0.824. The molecule has 0 saturated heterocycles. The smallest absolute Gasteiger partial charge is 0.113 e. The van der Waals surface area contributed by atoms with Gasteiger partial charge in [-0.05, 0) is 50.9 Å². The highest BCUT2D eigenvalue weighted by molar-refractivity contribution is 7.09. The minimum atomic E-state index is 0.113. The minimum absolute atomic E-state index is 0.113. The molecule has 1 aliphatic rings. The molecular formula is C17H30N2S. The lowest BCUT2D eigenvalue weighted by molar-refractivity contribution is 0.203. The molecule has 20 heavy (non-hydrogen) atoms. The number of thiazole rings is 1. The fourth-order valence-electron chi connectivity index (χ4n) is 3.64. The standard InChI is InChI=1S/C17H30N2S/c1-13(2)19-17(15-18-11-12-20-15)9-6-7-14(8-10-17)16(3,4)5/h11-14,19H,6-10H2,1-5H3. The number of nitrogens with zero attached hydrogens (tertiary/aromatic N) is 1. The van der Waals surface area contributed by atoms with Gasteiger partial charge in [0.05, 0.1) is 5.54 Å². The van der Waals surface area contributed by atoms with Crippen molar-refractivity contribution in [2.45, 2.75) is 78.3 Å². The first-order valence-electron chi connectivity index (χ1n) is 8.01. The van der Waals surface area contributed by atoms with E-state index in [0.717, 1.165) is 5.92 Å². The molecule has 2 unspecified atom stereocenters. The normalized spacial score (nSPS) is 28.6. The third kappa shape index (κ3) is 3.62. The Labute approximate surface area is 128 Å². The first-order valence-corrected chi connectivity index (χ1v) is 8.89. The van der Waals surface area contributed by atoms with E-state index in [1.165, 1.54) is 37.1 Å². The van der Waals surface area contributed by atoms with E-state index >= 15 is 0 Å². The van der Waals surface area contributed by atoms with Crippen LogP contribution in [-0.4, -0.2) is 11.0 Å². The van der Waals surface area contributed by atoms with Gasteiger partial charge in [0.2, 0.25) is 0 Å². The van der Waals surface area contributed by atoms with E-state index in [0.29, 0.717) is 11.5 Å². The molecule has 114 valence electrons. The van der Waals surface area contributed by atoms with E-state index in [9.17, 15) is 0 Å². The van der Waals surface area contributed by atoms with Crippen LogP contribution in [0.25, 0.3) is 0 Å². The van der Waals surface area contributed by atoms with Gasteiger partial charge in [-0.2, -0.15) is 0 Å². The van der Waals surface area contributed by atoms with Crippen molar-refractivity contribution in [3.05, 3.63) is 16.6 Å². The molecule has 0 amide bonds. The number of nitrogens with one attached hydrogen (secondary N) is 1. The average Bonchev–Trinajstić information content (AvgIpc) is 2.77. The minimum Gasteiger partial charge on any atom is -0.303 e. The van der Waals surface area contributed by atoms with Crippen LogP contribution in [0.15, 0.2) is 11.6 Å². The van der Waals surface area contributed by atoms with E-state index in [1.54, 1.807) is 0 Å². The van der Waals surface area contributed by atoms with Crippen molar-refractivity contribution in [1.29, 1.82) is 0 Å². The summed E-state index contributed by atoms with van der Waals surface area (Å²) in [5, 5.41) is 7.27. The second-order valence-electron chi connectivity index (χ2n) is 7.71. The third-order valence-corrected chi connectivity index (χ3v) is 5.68. The molecule has 0 spiro atoms. The summed E-state index contributed by atoms with van der Waals surface area (Å²) in [5.74, 6) is 0.832. The number of hydrogen-bond donors (Lipinski definition) is 1. The third-order valence-electron chi connectivity index (χ3n) is 4.71. The van der Waals surface area contributed by atoms with Crippen LogP contribution in [0.4, 0.5) is 0 Å². The van der Waals surface area contributed by atoms with Gasteiger partial charge in [0.1, 0.15) is 5.01 Å². The van der Waals surface area contributed by atoms with Gasteiger partial charge in [-0.25, -0.2) is 4.98 Å². The lowest BCUT2D eigenvalue weighted by Gasteiger charge is -2.35. The predicted octanol–water partition coefficient (Wildman–Crippen LogP) is 4.96. The van der Waals surface area contributed by atoms with Crippen LogP contribution in [0.2, 0.25) is 0 Å². The first kappa shape index (κ1) is 16.0. The van der Waals surface area contributed by atoms with Crippen molar-refractivity contribution in [2.24, 2.45) is 11.3 Å². The zero-order valence-corrected chi connectivity index (χ0v) is 14.5. The zero-order valence-electron chi connectivity index (χ0n) is 13.7. The Hall–Kier alpha value is -0.410. The van der Waals surface area contributed by atoms with Crippen LogP contribution < -0.4 is 5.32 Å². The van der Waals surface area contributed by atoms with E-state index in [4.69, 9.17) is 0 Å². The summed E-state index contributed by atoms with van der Waals surface area (Å²) < 4.78 is 0. The Morgan fingerprint density at radius 1 is 1.30 bits per heavy atom. The van der Waals surface area contributed by atoms with E-state index in [1.807, 2.05) is 17.5 Å². The SMILES string of the molecule is CC(C)NC1(c2nccs2)CCCC(C(C)(C)C)CC1. The molecule has 2 nitrogen and oxygen atoms in total. The van der Waals surface area contributed by atoms with Gasteiger partial charge in [0, 0.05) is 17.6 Å². The molecule has 1 aliphatic carbocycles. The Bertz CT molecular complexity index is 405. The van der Waals surface area contributed by atoms with Gasteiger partial charge in [-0.3, -0.25) is 0 Å². The quantitative estimate of drug-likeness (QED) is 0.797. The van der Waals surface area contributed by atoms with Crippen LogP contribution in [0.1, 0.15) is 71.7 Å². The summed E-state index contributed by atoms with van der Waals surface area (Å²) in [6.45, 7) is 11.7. The van der Waals surface area contributed by atoms with Crippen molar-refractivity contribution in [1.82, 2.24) is 10.3 Å². The summed E-state index contributed by atoms with van der Waals surface area (Å²) in [4.78, 5) is 4.65. The van der Waals surface area contributed by atoms with Crippen LogP contribution in [0.5, 0.6) is 0 Å². The van der Waals surface area contributed by atoms with E-state index < -0.39 is 0 Å². The molecule has 2 rings (SSSR count). The highest BCUT2D eigenvalue weighted by Gasteiger charge is 2.39. The van der Waals surface area contributed by atoms with Crippen LogP contribution in [0, 0.1) is 11.3 Å². The maximum atomic E-state index is 4.65. The maximum absolute atomic E-state index is 4.65. The lowest BCUT2D eigenvalue weighted by atomic mass is 9.76. The van der Waals surface area contributed by atoms with Crippen LogP contribution >= 0.6 is 11.3 Å². The second kappa shape index (κ2) is 6.15. The van der Waals surface area contributed by atoms with Gasteiger partial charge in [-0.1, -0.05) is 27.2 Å². The monoisotopic (exact) mass is 294 g/mol. The van der Waals surface area contributed by atoms with Gasteiger partial charge >= 0.3 is 0 Å². The van der Waals surface area contributed by atoms with E-state index in [-0.39, 0.29) is 5.54 Å². The Morgan fingerprint density at radius 3 is 2.60 bits per heavy atom. The summed E-state index contributed by atoms with van der Waals surface area (Å²) in [6.07, 6.45) is 8.38. The summed E-state index contributed by atoms with van der Waals surface area (Å²) >= 11 is 1.81. The molecule has 3 heteroatoms. The number of hydrogen-bond acceptors (Lipinski definition) is 3. The molecule has 1 aromatic heterocycles. The van der Waals surface area contributed by atoms with Gasteiger partial charge < -0.3 is 5.32 Å². The summed E-state index contributed by atoms with van der Waals surface area (Å²) in [5.41, 5.74) is 0.541. The van der Waals surface area contributed by atoms with Gasteiger partial charge in [0.15, 0.2) is 0 Å². The largest absolute Gasteiger partial charge is 0.303 e. The zero-order chi connectivity index (χ0) is 14.8. The molecule has 1 saturated carbocycles. The van der Waals surface area contributed by atoms with Crippen LogP contribution in [-0.2, 0) is 5.54 Å². The molecule has 1 fully saturated rings. The van der Waals surface area contributed by atoms with E-state index in [2.05, 4.69) is 50.3 Å². The van der Waals surface area contributed by atoms with Crippen molar-refractivity contribution < 1.29 is 0 Å². The van der Waals surface area contributed by atoms with Crippen molar-refractivity contribution in [3.63, 3.8) is 0 Å². The maximum Gasteiger partial charge on any atom is 0.113 e. The highest BCUT2D eigenvalue weighted by Crippen LogP contribution is 2.44. The van der Waals surface area contributed by atoms with Gasteiger partial charge in [-0.15, -0.1) is 11.3 Å². The number of rotatable bonds is 3. The molecule has 2 atom stereocenters. The number of aromatic nitrogens is 1. The average molecular weight is 295 g/mol. The topological polar surface area (TPSA) is 24.9 Å². The summed E-state index contributed by atoms with van der Waals surface area (Å²) in [6, 6.07) is 0.505. The molecule has 0 aliphatic heterocycles. The molecule has 1 N–H and O–H groups in total. The molecule has 0 bridgehead atoms. The van der Waals surface area contributed by atoms with Crippen LogP contribution in [0.3, 0.4) is 0 Å². The highest BCUT2D eigenvalue weighted by atomic mass is 32.1. The fourth-order valence-corrected chi connectivity index (χ4v) is 4.50. The lowest BCUT2D eigenvalue weighted by Crippen LogP contribution is -2.45. The molecule has 1 heterocycles. The molecule has 0 radical (unpaired) electrons. The Balaban J connectivity index is 2.21. The van der Waals surface area contributed by atoms with Gasteiger partial charge in [0.25, 0.3) is 0 Å². The Morgan fingerprint density at radius 2 is 2.05 bits per heavy atom. The molecule has 1 aromatic rings. The molecular weight excluding hydrogens is 264 g/mol. The summed E-state index contributed by atoms with van der Waals surface area (Å²) in [7, 11) is 0. The van der Waals surface area contributed by atoms with Crippen molar-refractivity contribution in [2.75, 3.05) is 0 Å². The first-order chi connectivity index (χ1) is 9.33. The predicted molar refractivity (Wildman–Crippen MR) is 88.1 cm³/mol. The molecule has 0 aromatic carbocycles. The van der Waals surface area contributed by atoms with Crippen molar-refractivity contribution >= 4 is 11.3 Å². The van der Waals surface area contributed by atoms with Crippen molar-refractivity contribution in [3.8, 4) is 0 Å². The second-order valence-corrected chi connectivity index (χ2v) is 8.61. The Kier molecular flexibility index (Phi) is 4.91.